The Kier molecular flexibility index (Phi) is 9.96. The summed E-state index contributed by atoms with van der Waals surface area (Å²) in [4.78, 5) is 61.2. The third-order valence-corrected chi connectivity index (χ3v) is 11.8. The minimum atomic E-state index is -0.872. The van der Waals surface area contributed by atoms with Gasteiger partial charge in [0.2, 0.25) is 11.8 Å². The number of urea groups is 1. The Hall–Kier alpha value is -2.95. The molecule has 1 aliphatic heterocycles. The minimum absolute atomic E-state index is 0.0285. The maximum atomic E-state index is 14.4. The summed E-state index contributed by atoms with van der Waals surface area (Å²) in [7, 11) is 0. The first-order valence-corrected chi connectivity index (χ1v) is 17.5. The molecule has 1 saturated heterocycles. The Bertz CT molecular complexity index is 1290. The lowest BCUT2D eigenvalue weighted by Gasteiger charge is -2.43. The molecule has 2 heterocycles. The molecule has 6 unspecified atom stereocenters. The zero-order valence-corrected chi connectivity index (χ0v) is 28.2. The van der Waals surface area contributed by atoms with Crippen LogP contribution in [-0.2, 0) is 14.4 Å². The second-order valence-electron chi connectivity index (χ2n) is 15.0. The fourth-order valence-electron chi connectivity index (χ4n) is 7.44. The number of carbonyl (C=O) groups excluding carboxylic acids is 4. The molecule has 0 aromatic carbocycles. The van der Waals surface area contributed by atoms with E-state index in [-0.39, 0.29) is 47.0 Å². The lowest BCUT2D eigenvalue weighted by molar-refractivity contribution is -0.142. The van der Waals surface area contributed by atoms with Gasteiger partial charge in [0.25, 0.3) is 0 Å². The summed E-state index contributed by atoms with van der Waals surface area (Å²) in [5, 5.41) is 17.5. The molecular formula is C34H50N6O4S. The van der Waals surface area contributed by atoms with Gasteiger partial charge in [0, 0.05) is 29.8 Å². The number of amides is 4. The number of nitrogens with zero attached hydrogens (tertiary/aromatic N) is 2. The molecule has 0 spiro atoms. The number of nitrogens with one attached hydrogen (secondary N) is 4. The maximum Gasteiger partial charge on any atom is 0.316 e. The third kappa shape index (κ3) is 7.39. The summed E-state index contributed by atoms with van der Waals surface area (Å²) in [6, 6.07) is 1.15. The second-order valence-corrected chi connectivity index (χ2v) is 16.5. The van der Waals surface area contributed by atoms with E-state index < -0.39 is 34.4 Å². The maximum absolute atomic E-state index is 14.4. The molecule has 4 amide bonds. The fourth-order valence-corrected chi connectivity index (χ4v) is 8.79. The quantitative estimate of drug-likeness (QED) is 0.298. The lowest BCUT2D eigenvalue weighted by atomic mass is 9.63. The van der Waals surface area contributed by atoms with Gasteiger partial charge < -0.3 is 26.3 Å². The van der Waals surface area contributed by atoms with Crippen molar-refractivity contribution in [3.63, 3.8) is 0 Å². The third-order valence-electron chi connectivity index (χ3n) is 10.4. The predicted molar refractivity (Wildman–Crippen MR) is 175 cm³/mol. The van der Waals surface area contributed by atoms with Crippen molar-refractivity contribution >= 4 is 41.1 Å². The van der Waals surface area contributed by atoms with E-state index in [0.717, 1.165) is 49.8 Å². The lowest BCUT2D eigenvalue weighted by Crippen LogP contribution is -2.62. The molecule has 4 aliphatic rings. The number of fused-ring (bicyclic) bond motifs is 1. The summed E-state index contributed by atoms with van der Waals surface area (Å²) in [6.07, 6.45) is 11.2. The molecule has 0 bridgehead atoms. The summed E-state index contributed by atoms with van der Waals surface area (Å²) < 4.78 is 0. The first kappa shape index (κ1) is 33.4. The van der Waals surface area contributed by atoms with Gasteiger partial charge in [-0.1, -0.05) is 65.6 Å². The van der Waals surface area contributed by atoms with Crippen molar-refractivity contribution in [1.29, 1.82) is 5.41 Å². The van der Waals surface area contributed by atoms with E-state index in [1.807, 2.05) is 32.9 Å². The molecule has 1 aromatic heterocycles. The van der Waals surface area contributed by atoms with Crippen LogP contribution in [0.15, 0.2) is 29.4 Å². The van der Waals surface area contributed by atoms with Crippen LogP contribution in [0.4, 0.5) is 4.79 Å². The Morgan fingerprint density at radius 2 is 1.84 bits per heavy atom. The topological polar surface area (TPSA) is 144 Å². The predicted octanol–water partition coefficient (Wildman–Crippen LogP) is 4.92. The van der Waals surface area contributed by atoms with Crippen molar-refractivity contribution in [1.82, 2.24) is 25.8 Å². The van der Waals surface area contributed by atoms with Gasteiger partial charge in [-0.15, -0.1) is 0 Å². The summed E-state index contributed by atoms with van der Waals surface area (Å²) in [5.74, 6) is -0.285. The normalized spacial score (nSPS) is 28.6. The van der Waals surface area contributed by atoms with E-state index in [4.69, 9.17) is 5.41 Å². The molecule has 10 nitrogen and oxygen atoms in total. The van der Waals surface area contributed by atoms with E-state index in [1.165, 1.54) is 0 Å². The van der Waals surface area contributed by atoms with Gasteiger partial charge in [-0.25, -0.2) is 4.79 Å². The number of aromatic nitrogens is 1. The zero-order valence-electron chi connectivity index (χ0n) is 27.4. The van der Waals surface area contributed by atoms with Crippen molar-refractivity contribution in [2.24, 2.45) is 29.1 Å². The number of likely N-dealkylation sites (tertiary alicyclic amines) is 1. The number of hydrogen-bond donors (Lipinski definition) is 4. The minimum Gasteiger partial charge on any atom is -0.344 e. The van der Waals surface area contributed by atoms with Gasteiger partial charge in [-0.05, 0) is 73.8 Å². The van der Waals surface area contributed by atoms with Crippen molar-refractivity contribution < 1.29 is 19.2 Å². The zero-order chi connectivity index (χ0) is 32.5. The van der Waals surface area contributed by atoms with Crippen LogP contribution < -0.4 is 16.0 Å². The number of thioether (sulfide) groups is 1. The SMILES string of the molecule is CC(C)C1CC(C(=O)NC2CC3CCC3C(=N)C2=O)N(C(=O)C(NC(=O)NC2(Sc3cccnc3)CCCCC2)C(C)(C)C)C1. The number of Topliss-reactive ketones (excluding diaryl/α,β-unsaturated/α-hetero) is 1. The number of ketones is 1. The molecule has 4 N–H and O–H groups in total. The molecule has 6 atom stereocenters. The Balaban J connectivity index is 1.31. The Morgan fingerprint density at radius 3 is 2.44 bits per heavy atom. The molecule has 5 rings (SSSR count). The van der Waals surface area contributed by atoms with Gasteiger partial charge in [0.15, 0.2) is 5.78 Å². The van der Waals surface area contributed by atoms with Gasteiger partial charge >= 0.3 is 6.03 Å². The van der Waals surface area contributed by atoms with E-state index in [2.05, 4.69) is 34.8 Å². The number of rotatable bonds is 8. The molecule has 3 saturated carbocycles. The molecule has 4 fully saturated rings. The van der Waals surface area contributed by atoms with Crippen LogP contribution in [0.2, 0.25) is 0 Å². The molecule has 246 valence electrons. The standard InChI is InChI=1S/C34H50N6O4S/c1-20(2)22-17-26(30(42)37-25-16-21-11-12-24(21)27(35)28(25)41)40(19-22)31(43)29(33(3,4)5)38-32(44)39-34(13-7-6-8-14-34)45-23-10-9-15-36-18-23/h9-10,15,18,20-22,24-26,29,35H,6-8,11-14,16-17,19H2,1-5H3,(H,37,42)(H2,38,39,44). The van der Waals surface area contributed by atoms with Crippen LogP contribution in [0.3, 0.4) is 0 Å². The monoisotopic (exact) mass is 638 g/mol. The van der Waals surface area contributed by atoms with Gasteiger partial charge in [-0.3, -0.25) is 19.4 Å². The van der Waals surface area contributed by atoms with Crippen molar-refractivity contribution in [3.05, 3.63) is 24.5 Å². The van der Waals surface area contributed by atoms with Crippen LogP contribution in [-0.4, -0.2) is 68.8 Å². The van der Waals surface area contributed by atoms with Crippen molar-refractivity contribution in [2.45, 2.75) is 120 Å². The number of hydrogen-bond acceptors (Lipinski definition) is 7. The van der Waals surface area contributed by atoms with Crippen LogP contribution in [0.5, 0.6) is 0 Å². The Morgan fingerprint density at radius 1 is 1.11 bits per heavy atom. The highest BCUT2D eigenvalue weighted by Crippen LogP contribution is 2.43. The van der Waals surface area contributed by atoms with Crippen LogP contribution in [0.1, 0.15) is 92.4 Å². The van der Waals surface area contributed by atoms with Gasteiger partial charge in [0.1, 0.15) is 12.1 Å². The van der Waals surface area contributed by atoms with Crippen LogP contribution in [0, 0.1) is 34.5 Å². The molecule has 3 aliphatic carbocycles. The smallest absolute Gasteiger partial charge is 0.316 e. The van der Waals surface area contributed by atoms with Crippen molar-refractivity contribution in [2.75, 3.05) is 6.54 Å². The summed E-state index contributed by atoms with van der Waals surface area (Å²) in [6.45, 7) is 10.3. The average Bonchev–Trinajstić information content (AvgIpc) is 3.42. The van der Waals surface area contributed by atoms with Crippen LogP contribution in [0.25, 0.3) is 0 Å². The highest BCUT2D eigenvalue weighted by atomic mass is 32.2. The first-order chi connectivity index (χ1) is 21.3. The molecular weight excluding hydrogens is 588 g/mol. The van der Waals surface area contributed by atoms with Gasteiger partial charge in [-0.2, -0.15) is 0 Å². The van der Waals surface area contributed by atoms with E-state index in [0.29, 0.717) is 19.4 Å². The number of pyridine rings is 1. The van der Waals surface area contributed by atoms with Gasteiger partial charge in [0.05, 0.1) is 16.6 Å². The highest BCUT2D eigenvalue weighted by Gasteiger charge is 2.49. The first-order valence-electron chi connectivity index (χ1n) is 16.7. The summed E-state index contributed by atoms with van der Waals surface area (Å²) in [5.41, 5.74) is -0.502. The summed E-state index contributed by atoms with van der Waals surface area (Å²) >= 11 is 1.61. The Labute approximate surface area is 271 Å². The van der Waals surface area contributed by atoms with E-state index >= 15 is 0 Å². The van der Waals surface area contributed by atoms with Crippen LogP contribution >= 0.6 is 11.8 Å². The molecule has 45 heavy (non-hydrogen) atoms. The molecule has 0 radical (unpaired) electrons. The van der Waals surface area contributed by atoms with E-state index in [1.54, 1.807) is 29.1 Å². The second kappa shape index (κ2) is 13.4. The van der Waals surface area contributed by atoms with Crippen molar-refractivity contribution in [3.8, 4) is 0 Å². The van der Waals surface area contributed by atoms with E-state index in [9.17, 15) is 19.2 Å². The average molecular weight is 639 g/mol. The highest BCUT2D eigenvalue weighted by molar-refractivity contribution is 8.00. The number of carbonyl (C=O) groups is 4. The molecule has 11 heteroatoms. The largest absolute Gasteiger partial charge is 0.344 e. The fraction of sp³-hybridized carbons (Fsp3) is 0.706. The molecule has 1 aromatic rings.